The number of hydrogen-bond donors (Lipinski definition) is 1. The maximum atomic E-state index is 12.4. The van der Waals surface area contributed by atoms with Gasteiger partial charge in [0.1, 0.15) is 5.76 Å². The number of nitrogens with zero attached hydrogens (tertiary/aromatic N) is 1. The molecular formula is C14H21NO4. The minimum absolute atomic E-state index is 0.00853. The Labute approximate surface area is 113 Å². The molecule has 1 aromatic rings. The summed E-state index contributed by atoms with van der Waals surface area (Å²) >= 11 is 0. The van der Waals surface area contributed by atoms with E-state index in [1.54, 1.807) is 11.0 Å². The van der Waals surface area contributed by atoms with Gasteiger partial charge >= 0.3 is 0 Å². The average molecular weight is 267 g/mol. The first-order chi connectivity index (χ1) is 9.06. The first-order valence-corrected chi connectivity index (χ1v) is 6.69. The summed E-state index contributed by atoms with van der Waals surface area (Å²) in [6, 6.07) is 1.78. The lowest BCUT2D eigenvalue weighted by Gasteiger charge is -2.36. The molecule has 1 aromatic heterocycles. The largest absolute Gasteiger partial charge is 0.456 e. The molecule has 5 heteroatoms. The maximum absolute atomic E-state index is 12.4. The number of aliphatic hydroxyl groups excluding tert-OH is 1. The summed E-state index contributed by atoms with van der Waals surface area (Å²) in [5, 5.41) is 9.15. The van der Waals surface area contributed by atoms with Crippen molar-refractivity contribution in [1.82, 2.24) is 4.90 Å². The Kier molecular flexibility index (Phi) is 4.27. The zero-order valence-electron chi connectivity index (χ0n) is 11.7. The molecule has 1 fully saturated rings. The highest BCUT2D eigenvalue weighted by Gasteiger charge is 2.31. The molecule has 0 aliphatic carbocycles. The Morgan fingerprint density at radius 3 is 2.89 bits per heavy atom. The average Bonchev–Trinajstić information content (AvgIpc) is 2.80. The second-order valence-corrected chi connectivity index (χ2v) is 5.01. The minimum Gasteiger partial charge on any atom is -0.456 e. The third-order valence-electron chi connectivity index (χ3n) is 3.52. The van der Waals surface area contributed by atoms with Gasteiger partial charge in [-0.1, -0.05) is 6.92 Å². The molecule has 0 unspecified atom stereocenters. The minimum atomic E-state index is -0.304. The van der Waals surface area contributed by atoms with Crippen LogP contribution in [0.4, 0.5) is 0 Å². The standard InChI is InChI=1S/C14H21NO4/c1-4-12-9(2)5-13(19-12)14(17)15-6-11(7-16)18-8-10(15)3/h5,10-11,16H,4,6-8H2,1-3H3/t10-,11+/m1/s1. The maximum Gasteiger partial charge on any atom is 0.289 e. The molecule has 2 rings (SSSR count). The van der Waals surface area contributed by atoms with Gasteiger partial charge in [-0.15, -0.1) is 0 Å². The molecule has 1 amide bonds. The van der Waals surface area contributed by atoms with Crippen LogP contribution < -0.4 is 0 Å². The smallest absolute Gasteiger partial charge is 0.289 e. The van der Waals surface area contributed by atoms with Crippen LogP contribution in [-0.2, 0) is 11.2 Å². The van der Waals surface area contributed by atoms with Crippen molar-refractivity contribution >= 4 is 5.91 Å². The molecule has 19 heavy (non-hydrogen) atoms. The number of furan rings is 1. The molecule has 0 bridgehead atoms. The highest BCUT2D eigenvalue weighted by molar-refractivity contribution is 5.92. The summed E-state index contributed by atoms with van der Waals surface area (Å²) in [7, 11) is 0. The Morgan fingerprint density at radius 1 is 1.58 bits per heavy atom. The van der Waals surface area contributed by atoms with E-state index in [1.165, 1.54) is 0 Å². The van der Waals surface area contributed by atoms with E-state index in [0.29, 0.717) is 18.9 Å². The lowest BCUT2D eigenvalue weighted by molar-refractivity contribution is -0.0674. The fourth-order valence-corrected chi connectivity index (χ4v) is 2.33. The summed E-state index contributed by atoms with van der Waals surface area (Å²) in [4.78, 5) is 14.2. The first-order valence-electron chi connectivity index (χ1n) is 6.69. The molecule has 5 nitrogen and oxygen atoms in total. The molecule has 0 radical (unpaired) electrons. The van der Waals surface area contributed by atoms with Gasteiger partial charge in [-0.3, -0.25) is 4.79 Å². The second kappa shape index (κ2) is 5.75. The van der Waals surface area contributed by atoms with E-state index in [1.807, 2.05) is 20.8 Å². The van der Waals surface area contributed by atoms with Crippen LogP contribution in [0.5, 0.6) is 0 Å². The van der Waals surface area contributed by atoms with Crippen molar-refractivity contribution in [2.24, 2.45) is 0 Å². The summed E-state index contributed by atoms with van der Waals surface area (Å²) in [6.45, 7) is 6.64. The van der Waals surface area contributed by atoms with E-state index in [0.717, 1.165) is 17.7 Å². The Morgan fingerprint density at radius 2 is 2.32 bits per heavy atom. The van der Waals surface area contributed by atoms with Crippen molar-refractivity contribution in [2.75, 3.05) is 19.8 Å². The van der Waals surface area contributed by atoms with Crippen LogP contribution in [0.1, 0.15) is 35.7 Å². The molecule has 2 atom stereocenters. The lowest BCUT2D eigenvalue weighted by atomic mass is 10.1. The number of aryl methyl sites for hydroxylation is 2. The number of hydrogen-bond acceptors (Lipinski definition) is 4. The molecule has 1 aliphatic heterocycles. The van der Waals surface area contributed by atoms with E-state index < -0.39 is 0 Å². The molecule has 1 N–H and O–H groups in total. The summed E-state index contributed by atoms with van der Waals surface area (Å²) in [5.74, 6) is 1.10. The number of morpholine rings is 1. The van der Waals surface area contributed by atoms with Gasteiger partial charge in [0.15, 0.2) is 5.76 Å². The van der Waals surface area contributed by atoms with Crippen LogP contribution >= 0.6 is 0 Å². The van der Waals surface area contributed by atoms with E-state index in [4.69, 9.17) is 14.3 Å². The summed E-state index contributed by atoms with van der Waals surface area (Å²) in [5.41, 5.74) is 1.01. The zero-order chi connectivity index (χ0) is 14.0. The van der Waals surface area contributed by atoms with Crippen LogP contribution in [0, 0.1) is 6.92 Å². The predicted octanol–water partition coefficient (Wildman–Crippen LogP) is 1.37. The Hall–Kier alpha value is -1.33. The topological polar surface area (TPSA) is 62.9 Å². The highest BCUT2D eigenvalue weighted by Crippen LogP contribution is 2.20. The van der Waals surface area contributed by atoms with Gasteiger partial charge in [0.2, 0.25) is 0 Å². The highest BCUT2D eigenvalue weighted by atomic mass is 16.5. The summed E-state index contributed by atoms with van der Waals surface area (Å²) < 4.78 is 11.0. The molecule has 0 aromatic carbocycles. The lowest BCUT2D eigenvalue weighted by Crippen LogP contribution is -2.51. The monoisotopic (exact) mass is 267 g/mol. The van der Waals surface area contributed by atoms with Gasteiger partial charge in [0.05, 0.1) is 25.4 Å². The number of ether oxygens (including phenoxy) is 1. The van der Waals surface area contributed by atoms with Gasteiger partial charge in [-0.2, -0.15) is 0 Å². The molecule has 1 saturated heterocycles. The van der Waals surface area contributed by atoms with E-state index in [2.05, 4.69) is 0 Å². The normalized spacial score (nSPS) is 23.7. The SMILES string of the molecule is CCc1oc(C(=O)N2C[C@@H](CO)OC[C@H]2C)cc1C. The van der Waals surface area contributed by atoms with Gasteiger partial charge in [-0.05, 0) is 25.5 Å². The quantitative estimate of drug-likeness (QED) is 0.898. The number of carbonyl (C=O) groups is 1. The van der Waals surface area contributed by atoms with Crippen LogP contribution in [0.15, 0.2) is 10.5 Å². The van der Waals surface area contributed by atoms with Crippen molar-refractivity contribution in [2.45, 2.75) is 39.3 Å². The van der Waals surface area contributed by atoms with Gasteiger partial charge in [-0.25, -0.2) is 0 Å². The van der Waals surface area contributed by atoms with Crippen molar-refractivity contribution in [1.29, 1.82) is 0 Å². The van der Waals surface area contributed by atoms with Gasteiger partial charge in [0.25, 0.3) is 5.91 Å². The fourth-order valence-electron chi connectivity index (χ4n) is 2.33. The van der Waals surface area contributed by atoms with Crippen LogP contribution in [-0.4, -0.2) is 47.8 Å². The second-order valence-electron chi connectivity index (χ2n) is 5.01. The molecule has 0 saturated carbocycles. The number of aliphatic hydroxyl groups is 1. The zero-order valence-corrected chi connectivity index (χ0v) is 11.7. The fraction of sp³-hybridized carbons (Fsp3) is 0.643. The van der Waals surface area contributed by atoms with E-state index in [-0.39, 0.29) is 24.7 Å². The molecule has 106 valence electrons. The molecule has 2 heterocycles. The van der Waals surface area contributed by atoms with Crippen LogP contribution in [0.2, 0.25) is 0 Å². The third-order valence-corrected chi connectivity index (χ3v) is 3.52. The van der Waals surface area contributed by atoms with Crippen LogP contribution in [0.25, 0.3) is 0 Å². The Bertz CT molecular complexity index is 454. The van der Waals surface area contributed by atoms with Gasteiger partial charge < -0.3 is 19.2 Å². The van der Waals surface area contributed by atoms with E-state index >= 15 is 0 Å². The van der Waals surface area contributed by atoms with Crippen LogP contribution in [0.3, 0.4) is 0 Å². The summed E-state index contributed by atoms with van der Waals surface area (Å²) in [6.07, 6.45) is 0.471. The van der Waals surface area contributed by atoms with Crippen molar-refractivity contribution in [3.8, 4) is 0 Å². The molecule has 0 spiro atoms. The number of amides is 1. The molecular weight excluding hydrogens is 246 g/mol. The Balaban J connectivity index is 2.17. The number of rotatable bonds is 3. The predicted molar refractivity (Wildman–Crippen MR) is 70.1 cm³/mol. The van der Waals surface area contributed by atoms with Crippen molar-refractivity contribution < 1.29 is 19.1 Å². The molecule has 1 aliphatic rings. The first kappa shape index (κ1) is 14.1. The van der Waals surface area contributed by atoms with Gasteiger partial charge in [0, 0.05) is 13.0 Å². The number of carbonyl (C=O) groups excluding carboxylic acids is 1. The van der Waals surface area contributed by atoms with Crippen molar-refractivity contribution in [3.05, 3.63) is 23.2 Å². The van der Waals surface area contributed by atoms with E-state index in [9.17, 15) is 4.79 Å². The third kappa shape index (κ3) is 2.82. The van der Waals surface area contributed by atoms with Crippen molar-refractivity contribution in [3.63, 3.8) is 0 Å².